The molecule has 1 aliphatic rings. The molecule has 0 saturated carbocycles. The summed E-state index contributed by atoms with van der Waals surface area (Å²) >= 11 is 0. The minimum Gasteiger partial charge on any atom is -0.395 e. The van der Waals surface area contributed by atoms with E-state index in [4.69, 9.17) is 0 Å². The Balaban J connectivity index is 1.99. The quantitative estimate of drug-likeness (QED) is 0.814. The van der Waals surface area contributed by atoms with E-state index < -0.39 is 0 Å². The molecule has 0 amide bonds. The molecular formula is C11H20N4O. The zero-order valence-electron chi connectivity index (χ0n) is 9.84. The van der Waals surface area contributed by atoms with E-state index in [1.54, 1.807) is 4.68 Å². The van der Waals surface area contributed by atoms with E-state index in [1.807, 2.05) is 13.2 Å². The van der Waals surface area contributed by atoms with Crippen molar-refractivity contribution in [2.75, 3.05) is 13.2 Å². The van der Waals surface area contributed by atoms with Crippen LogP contribution in [0.5, 0.6) is 0 Å². The van der Waals surface area contributed by atoms with E-state index in [-0.39, 0.29) is 6.61 Å². The number of nitrogens with zero attached hydrogens (tertiary/aromatic N) is 4. The number of aromatic nitrogens is 3. The van der Waals surface area contributed by atoms with Crippen LogP contribution in [0.2, 0.25) is 0 Å². The summed E-state index contributed by atoms with van der Waals surface area (Å²) in [5.74, 6) is 0. The lowest BCUT2D eigenvalue weighted by atomic mass is 10.1. The fraction of sp³-hybridized carbons (Fsp3) is 0.818. The highest BCUT2D eigenvalue weighted by Gasteiger charge is 2.20. The Hall–Kier alpha value is -0.940. The summed E-state index contributed by atoms with van der Waals surface area (Å²) in [5, 5.41) is 17.4. The van der Waals surface area contributed by atoms with Gasteiger partial charge in [-0.15, -0.1) is 5.10 Å². The molecule has 1 atom stereocenters. The number of hydrogen-bond donors (Lipinski definition) is 1. The molecule has 1 aromatic heterocycles. The van der Waals surface area contributed by atoms with Gasteiger partial charge in [0.15, 0.2) is 0 Å². The molecule has 1 saturated heterocycles. The van der Waals surface area contributed by atoms with Crippen molar-refractivity contribution in [3.05, 3.63) is 11.9 Å². The molecule has 0 spiro atoms. The van der Waals surface area contributed by atoms with E-state index in [0.717, 1.165) is 25.2 Å². The van der Waals surface area contributed by atoms with Gasteiger partial charge in [0.05, 0.1) is 12.3 Å². The van der Waals surface area contributed by atoms with Crippen molar-refractivity contribution in [1.82, 2.24) is 19.9 Å². The molecule has 0 aliphatic carbocycles. The molecule has 90 valence electrons. The fourth-order valence-electron chi connectivity index (χ4n) is 2.33. The van der Waals surface area contributed by atoms with Crippen LogP contribution in [0.25, 0.3) is 0 Å². The second-order valence-corrected chi connectivity index (χ2v) is 4.54. The molecule has 0 aromatic carbocycles. The first-order valence-corrected chi connectivity index (χ1v) is 5.99. The summed E-state index contributed by atoms with van der Waals surface area (Å²) in [6, 6.07) is 0.296. The van der Waals surface area contributed by atoms with Gasteiger partial charge in [-0.2, -0.15) is 0 Å². The number of aliphatic hydroxyl groups excluding tert-OH is 1. The molecule has 0 radical (unpaired) electrons. The Kier molecular flexibility index (Phi) is 3.90. The molecule has 2 rings (SSSR count). The molecule has 1 aromatic rings. The van der Waals surface area contributed by atoms with Crippen LogP contribution in [0.3, 0.4) is 0 Å². The van der Waals surface area contributed by atoms with Gasteiger partial charge in [0.1, 0.15) is 0 Å². The lowest BCUT2D eigenvalue weighted by Gasteiger charge is -2.27. The SMILES string of the molecule is Cn1cc(CN2CCCCCC2CO)nn1. The van der Waals surface area contributed by atoms with Crippen LogP contribution in [0.4, 0.5) is 0 Å². The van der Waals surface area contributed by atoms with E-state index in [1.165, 1.54) is 19.3 Å². The van der Waals surface area contributed by atoms with Crippen LogP contribution in [-0.4, -0.2) is 44.2 Å². The topological polar surface area (TPSA) is 54.2 Å². The minimum absolute atomic E-state index is 0.250. The molecule has 1 N–H and O–H groups in total. The van der Waals surface area contributed by atoms with Gasteiger partial charge < -0.3 is 5.11 Å². The average molecular weight is 224 g/mol. The molecule has 1 unspecified atom stereocenters. The molecular weight excluding hydrogens is 204 g/mol. The first-order chi connectivity index (χ1) is 7.79. The number of aryl methyl sites for hydroxylation is 1. The number of hydrogen-bond acceptors (Lipinski definition) is 4. The highest BCUT2D eigenvalue weighted by Crippen LogP contribution is 2.18. The van der Waals surface area contributed by atoms with Gasteiger partial charge in [-0.1, -0.05) is 18.1 Å². The zero-order chi connectivity index (χ0) is 11.4. The average Bonchev–Trinajstić information content (AvgIpc) is 2.56. The Morgan fingerprint density at radius 2 is 2.31 bits per heavy atom. The summed E-state index contributed by atoms with van der Waals surface area (Å²) in [4.78, 5) is 2.33. The highest BCUT2D eigenvalue weighted by molar-refractivity contribution is 4.93. The van der Waals surface area contributed by atoms with Gasteiger partial charge in [-0.05, 0) is 19.4 Å². The van der Waals surface area contributed by atoms with Gasteiger partial charge >= 0.3 is 0 Å². The van der Waals surface area contributed by atoms with Crippen molar-refractivity contribution < 1.29 is 5.11 Å². The second kappa shape index (κ2) is 5.41. The molecule has 0 bridgehead atoms. The Bertz CT molecular complexity index is 326. The summed E-state index contributed by atoms with van der Waals surface area (Å²) in [7, 11) is 1.88. The van der Waals surface area contributed by atoms with Gasteiger partial charge in [0.2, 0.25) is 0 Å². The maximum Gasteiger partial charge on any atom is 0.0967 e. The van der Waals surface area contributed by atoms with Crippen molar-refractivity contribution in [2.24, 2.45) is 7.05 Å². The monoisotopic (exact) mass is 224 g/mol. The number of likely N-dealkylation sites (tertiary alicyclic amines) is 1. The Morgan fingerprint density at radius 3 is 3.00 bits per heavy atom. The summed E-state index contributed by atoms with van der Waals surface area (Å²) in [6.07, 6.45) is 6.75. The standard InChI is InChI=1S/C11H20N4O/c1-14-7-10(12-13-14)8-15-6-4-2-3-5-11(15)9-16/h7,11,16H,2-6,8-9H2,1H3. The predicted octanol–water partition coefficient (Wildman–Crippen LogP) is 0.552. The summed E-state index contributed by atoms with van der Waals surface area (Å²) in [5.41, 5.74) is 0.989. The van der Waals surface area contributed by atoms with E-state index >= 15 is 0 Å². The largest absolute Gasteiger partial charge is 0.395 e. The van der Waals surface area contributed by atoms with Crippen molar-refractivity contribution in [2.45, 2.75) is 38.3 Å². The van der Waals surface area contributed by atoms with Crippen LogP contribution in [0.15, 0.2) is 6.20 Å². The zero-order valence-corrected chi connectivity index (χ0v) is 9.84. The highest BCUT2D eigenvalue weighted by atomic mass is 16.3. The molecule has 16 heavy (non-hydrogen) atoms. The summed E-state index contributed by atoms with van der Waals surface area (Å²) in [6.45, 7) is 2.11. The van der Waals surface area contributed by atoms with E-state index in [0.29, 0.717) is 6.04 Å². The third-order valence-electron chi connectivity index (χ3n) is 3.23. The molecule has 5 nitrogen and oxygen atoms in total. The molecule has 1 aliphatic heterocycles. The predicted molar refractivity (Wildman–Crippen MR) is 60.8 cm³/mol. The van der Waals surface area contributed by atoms with Crippen LogP contribution in [0.1, 0.15) is 31.4 Å². The van der Waals surface area contributed by atoms with Gasteiger partial charge in [-0.3, -0.25) is 9.58 Å². The van der Waals surface area contributed by atoms with Gasteiger partial charge in [-0.25, -0.2) is 0 Å². The Labute approximate surface area is 96.1 Å². The molecule has 1 fully saturated rings. The van der Waals surface area contributed by atoms with Crippen molar-refractivity contribution in [3.8, 4) is 0 Å². The lowest BCUT2D eigenvalue weighted by Crippen LogP contribution is -2.37. The van der Waals surface area contributed by atoms with Gasteiger partial charge in [0, 0.05) is 25.8 Å². The number of rotatable bonds is 3. The first-order valence-electron chi connectivity index (χ1n) is 5.99. The van der Waals surface area contributed by atoms with Crippen molar-refractivity contribution >= 4 is 0 Å². The smallest absolute Gasteiger partial charge is 0.0967 e. The van der Waals surface area contributed by atoms with E-state index in [9.17, 15) is 5.11 Å². The second-order valence-electron chi connectivity index (χ2n) is 4.54. The maximum atomic E-state index is 9.39. The maximum absolute atomic E-state index is 9.39. The van der Waals surface area contributed by atoms with Crippen LogP contribution in [-0.2, 0) is 13.6 Å². The van der Waals surface area contributed by atoms with E-state index in [2.05, 4.69) is 15.2 Å². The number of aliphatic hydroxyl groups is 1. The third kappa shape index (κ3) is 2.80. The first kappa shape index (κ1) is 11.5. The summed E-state index contributed by atoms with van der Waals surface area (Å²) < 4.78 is 1.72. The fourth-order valence-corrected chi connectivity index (χ4v) is 2.33. The van der Waals surface area contributed by atoms with Crippen LogP contribution in [0, 0.1) is 0 Å². The normalized spacial score (nSPS) is 23.2. The van der Waals surface area contributed by atoms with Crippen LogP contribution >= 0.6 is 0 Å². The Morgan fingerprint density at radius 1 is 1.44 bits per heavy atom. The molecule has 5 heteroatoms. The molecule has 2 heterocycles. The van der Waals surface area contributed by atoms with Crippen LogP contribution < -0.4 is 0 Å². The van der Waals surface area contributed by atoms with Gasteiger partial charge in [0.25, 0.3) is 0 Å². The van der Waals surface area contributed by atoms with Crippen molar-refractivity contribution in [1.29, 1.82) is 0 Å². The lowest BCUT2D eigenvalue weighted by molar-refractivity contribution is 0.117. The third-order valence-corrected chi connectivity index (χ3v) is 3.23. The minimum atomic E-state index is 0.250. The van der Waals surface area contributed by atoms with Crippen molar-refractivity contribution in [3.63, 3.8) is 0 Å².